The normalized spacial score (nSPS) is 11.9. The molecular weight excluding hydrogens is 346 g/mol. The van der Waals surface area contributed by atoms with Crippen LogP contribution in [0.15, 0.2) is 36.4 Å². The van der Waals surface area contributed by atoms with E-state index in [1.165, 1.54) is 12.1 Å². The summed E-state index contributed by atoms with van der Waals surface area (Å²) < 4.78 is 28.6. The maximum Gasteiger partial charge on any atom is 0.270 e. The molecule has 3 nitrogen and oxygen atoms in total. The number of hydrogen-bond acceptors (Lipinski definition) is 1. The van der Waals surface area contributed by atoms with Crippen molar-refractivity contribution in [3.63, 3.8) is 0 Å². The minimum absolute atomic E-state index is 0.0598. The molecule has 0 atom stereocenters. The molecule has 0 aliphatic heterocycles. The van der Waals surface area contributed by atoms with Crippen LogP contribution in [0.25, 0.3) is 22.0 Å². The Labute approximate surface area is 149 Å². The minimum Gasteiger partial charge on any atom is -0.364 e. The molecule has 0 saturated carbocycles. The Morgan fingerprint density at radius 1 is 1.20 bits per heavy atom. The zero-order valence-electron chi connectivity index (χ0n) is 14.0. The van der Waals surface area contributed by atoms with Crippen LogP contribution in [0.1, 0.15) is 28.5 Å². The first kappa shape index (κ1) is 17.4. The van der Waals surface area contributed by atoms with E-state index < -0.39 is 11.8 Å². The Bertz CT molecular complexity index is 986. The lowest BCUT2D eigenvalue weighted by Crippen LogP contribution is -2.16. The molecule has 0 unspecified atom stereocenters. The summed E-state index contributed by atoms with van der Waals surface area (Å²) in [6, 6.07) is 9.58. The average molecular weight is 363 g/mol. The minimum atomic E-state index is -2.90. The number of nitrogens with zero attached hydrogens (tertiary/aromatic N) is 1. The van der Waals surface area contributed by atoms with E-state index in [9.17, 15) is 13.6 Å². The Balaban J connectivity index is 2.30. The third-order valence-electron chi connectivity index (χ3n) is 4.44. The van der Waals surface area contributed by atoms with Gasteiger partial charge in [0.2, 0.25) is 0 Å². The Morgan fingerprint density at radius 2 is 1.80 bits per heavy atom. The summed E-state index contributed by atoms with van der Waals surface area (Å²) in [7, 11) is 1.75. The van der Waals surface area contributed by atoms with Crippen LogP contribution >= 0.6 is 11.6 Å². The van der Waals surface area contributed by atoms with Gasteiger partial charge in [0.05, 0.1) is 5.52 Å². The number of aryl methyl sites for hydroxylation is 2. The largest absolute Gasteiger partial charge is 0.364 e. The van der Waals surface area contributed by atoms with E-state index in [1.54, 1.807) is 35.9 Å². The highest BCUT2D eigenvalue weighted by Gasteiger charge is 2.24. The summed E-state index contributed by atoms with van der Waals surface area (Å²) in [5.74, 6) is -3.43. The number of nitrogens with two attached hydrogens (primary N) is 1. The van der Waals surface area contributed by atoms with E-state index in [4.69, 9.17) is 17.3 Å². The lowest BCUT2D eigenvalue weighted by Gasteiger charge is -2.12. The third-order valence-corrected chi connectivity index (χ3v) is 4.66. The van der Waals surface area contributed by atoms with Gasteiger partial charge >= 0.3 is 0 Å². The number of benzene rings is 2. The molecular formula is C19H17ClF2N2O. The molecule has 1 amide bonds. The molecule has 1 aromatic heterocycles. The Kier molecular flexibility index (Phi) is 4.07. The van der Waals surface area contributed by atoms with Crippen molar-refractivity contribution in [2.45, 2.75) is 19.8 Å². The van der Waals surface area contributed by atoms with E-state index >= 15 is 0 Å². The van der Waals surface area contributed by atoms with Crippen molar-refractivity contribution in [3.8, 4) is 11.1 Å². The smallest absolute Gasteiger partial charge is 0.270 e. The summed E-state index contributed by atoms with van der Waals surface area (Å²) in [6.07, 6.45) is 0. The summed E-state index contributed by atoms with van der Waals surface area (Å²) >= 11 is 6.25. The number of alkyl halides is 2. The van der Waals surface area contributed by atoms with Gasteiger partial charge in [-0.3, -0.25) is 4.79 Å². The molecule has 0 bridgehead atoms. The van der Waals surface area contributed by atoms with Crippen LogP contribution in [0.4, 0.5) is 8.78 Å². The molecule has 0 aliphatic carbocycles. The Morgan fingerprint density at radius 3 is 2.32 bits per heavy atom. The van der Waals surface area contributed by atoms with E-state index in [0.717, 1.165) is 34.5 Å². The molecule has 25 heavy (non-hydrogen) atoms. The molecule has 2 N–H and O–H groups in total. The third kappa shape index (κ3) is 2.89. The van der Waals surface area contributed by atoms with Crippen molar-refractivity contribution in [1.82, 2.24) is 4.57 Å². The molecule has 0 aliphatic rings. The van der Waals surface area contributed by atoms with Gasteiger partial charge in [-0.05, 0) is 30.2 Å². The number of primary amides is 1. The zero-order chi connectivity index (χ0) is 18.5. The quantitative estimate of drug-likeness (QED) is 0.698. The maximum atomic E-state index is 13.4. The highest BCUT2D eigenvalue weighted by molar-refractivity contribution is 6.32. The number of aromatic nitrogens is 1. The lowest BCUT2D eigenvalue weighted by molar-refractivity contribution is 0.0175. The highest BCUT2D eigenvalue weighted by Crippen LogP contribution is 2.37. The molecule has 2 aromatic carbocycles. The van der Waals surface area contributed by atoms with Crippen molar-refractivity contribution in [3.05, 3.63) is 58.2 Å². The fraction of sp³-hybridized carbons (Fsp3) is 0.211. The first-order valence-electron chi connectivity index (χ1n) is 7.68. The van der Waals surface area contributed by atoms with Gasteiger partial charge in [0, 0.05) is 35.5 Å². The molecule has 3 rings (SSSR count). The second-order valence-corrected chi connectivity index (χ2v) is 6.65. The van der Waals surface area contributed by atoms with E-state index in [-0.39, 0.29) is 5.56 Å². The van der Waals surface area contributed by atoms with Crippen molar-refractivity contribution in [2.75, 3.05) is 0 Å². The zero-order valence-corrected chi connectivity index (χ0v) is 14.8. The van der Waals surface area contributed by atoms with Crippen LogP contribution < -0.4 is 5.73 Å². The second kappa shape index (κ2) is 5.85. The molecule has 0 spiro atoms. The van der Waals surface area contributed by atoms with Gasteiger partial charge in [-0.15, -0.1) is 0 Å². The van der Waals surface area contributed by atoms with E-state index in [2.05, 4.69) is 0 Å². The number of rotatable bonds is 3. The number of fused-ring (bicyclic) bond motifs is 1. The Hall–Kier alpha value is -2.40. The molecule has 6 heteroatoms. The fourth-order valence-electron chi connectivity index (χ4n) is 3.25. The monoisotopic (exact) mass is 362 g/mol. The lowest BCUT2D eigenvalue weighted by atomic mass is 9.99. The average Bonchev–Trinajstić information content (AvgIpc) is 2.77. The number of carbonyl (C=O) groups excluding carboxylic acids is 1. The van der Waals surface area contributed by atoms with Crippen LogP contribution in [0.5, 0.6) is 0 Å². The summed E-state index contributed by atoms with van der Waals surface area (Å²) in [6.45, 7) is 2.67. The first-order chi connectivity index (χ1) is 11.6. The van der Waals surface area contributed by atoms with Gasteiger partial charge in [-0.1, -0.05) is 35.9 Å². The van der Waals surface area contributed by atoms with Crippen molar-refractivity contribution in [1.29, 1.82) is 0 Å². The van der Waals surface area contributed by atoms with E-state index in [0.29, 0.717) is 10.7 Å². The number of amides is 1. The van der Waals surface area contributed by atoms with Gasteiger partial charge in [-0.25, -0.2) is 8.78 Å². The molecule has 0 radical (unpaired) electrons. The van der Waals surface area contributed by atoms with Crippen molar-refractivity contribution >= 4 is 28.4 Å². The van der Waals surface area contributed by atoms with Crippen molar-refractivity contribution < 1.29 is 13.6 Å². The topological polar surface area (TPSA) is 48.0 Å². The number of hydrogen-bond donors (Lipinski definition) is 1. The predicted octanol–water partition coefficient (Wildman–Crippen LogP) is 5.02. The maximum absolute atomic E-state index is 13.4. The van der Waals surface area contributed by atoms with Crippen molar-refractivity contribution in [2.24, 2.45) is 12.8 Å². The second-order valence-electron chi connectivity index (χ2n) is 6.21. The molecule has 1 heterocycles. The van der Waals surface area contributed by atoms with Crippen LogP contribution in [0.3, 0.4) is 0 Å². The summed E-state index contributed by atoms with van der Waals surface area (Å²) in [5, 5.41) is 1.31. The van der Waals surface area contributed by atoms with E-state index in [1.807, 2.05) is 6.92 Å². The first-order valence-corrected chi connectivity index (χ1v) is 8.06. The fourth-order valence-corrected chi connectivity index (χ4v) is 3.47. The molecule has 130 valence electrons. The number of halogens is 3. The highest BCUT2D eigenvalue weighted by atomic mass is 35.5. The molecule has 0 fully saturated rings. The van der Waals surface area contributed by atoms with Crippen LogP contribution in [0.2, 0.25) is 5.02 Å². The summed E-state index contributed by atoms with van der Waals surface area (Å²) in [5.41, 5.74) is 8.85. The molecule has 3 aromatic rings. The summed E-state index contributed by atoms with van der Waals surface area (Å²) in [4.78, 5) is 11.8. The number of carbonyl (C=O) groups is 1. The van der Waals surface area contributed by atoms with Gasteiger partial charge < -0.3 is 10.3 Å². The van der Waals surface area contributed by atoms with Crippen LogP contribution in [-0.2, 0) is 13.0 Å². The van der Waals surface area contributed by atoms with Crippen LogP contribution in [0, 0.1) is 6.92 Å². The molecule has 0 saturated heterocycles. The van der Waals surface area contributed by atoms with Crippen LogP contribution in [-0.4, -0.2) is 10.5 Å². The van der Waals surface area contributed by atoms with Gasteiger partial charge in [0.15, 0.2) is 0 Å². The predicted molar refractivity (Wildman–Crippen MR) is 96.2 cm³/mol. The van der Waals surface area contributed by atoms with Gasteiger partial charge in [-0.2, -0.15) is 0 Å². The van der Waals surface area contributed by atoms with Gasteiger partial charge in [0.1, 0.15) is 5.69 Å². The standard InChI is InChI=1S/C19H17ClF2N2O/c1-10-14-8-13(20)9-15(17(14)24(3)16(10)18(23)25)11-4-6-12(7-5-11)19(2,21)22/h4-9H,1-3H3,(H2,23,25). The van der Waals surface area contributed by atoms with Gasteiger partial charge in [0.25, 0.3) is 11.8 Å². The SMILES string of the molecule is Cc1c(C(N)=O)n(C)c2c(-c3ccc(C(C)(F)F)cc3)cc(Cl)cc12.